The molecule has 0 bridgehead atoms. The molecular formula is C25H30N6O2. The summed E-state index contributed by atoms with van der Waals surface area (Å²) in [5.41, 5.74) is 5.19. The van der Waals surface area contributed by atoms with Gasteiger partial charge in [0.15, 0.2) is 5.82 Å². The lowest BCUT2D eigenvalue weighted by Gasteiger charge is -2.31. The second-order valence-electron chi connectivity index (χ2n) is 8.66. The van der Waals surface area contributed by atoms with Crippen LogP contribution in [0, 0.1) is 0 Å². The molecule has 8 heteroatoms. The smallest absolute Gasteiger partial charge is 0.229 e. The van der Waals surface area contributed by atoms with E-state index >= 15 is 0 Å². The third kappa shape index (κ3) is 4.58. The maximum absolute atomic E-state index is 9.74. The van der Waals surface area contributed by atoms with E-state index < -0.39 is 0 Å². The molecule has 2 aromatic carbocycles. The van der Waals surface area contributed by atoms with E-state index in [9.17, 15) is 5.11 Å². The van der Waals surface area contributed by atoms with Crippen molar-refractivity contribution < 1.29 is 9.84 Å². The molecule has 0 unspecified atom stereocenters. The van der Waals surface area contributed by atoms with Crippen LogP contribution in [0.25, 0.3) is 0 Å². The van der Waals surface area contributed by atoms with Crippen molar-refractivity contribution in [2.45, 2.75) is 25.6 Å². The number of benzene rings is 2. The van der Waals surface area contributed by atoms with Gasteiger partial charge in [0.25, 0.3) is 0 Å². The summed E-state index contributed by atoms with van der Waals surface area (Å²) >= 11 is 0. The van der Waals surface area contributed by atoms with Crippen LogP contribution in [0.5, 0.6) is 0 Å². The summed E-state index contributed by atoms with van der Waals surface area (Å²) in [6, 6.07) is 16.5. The van der Waals surface area contributed by atoms with E-state index in [0.717, 1.165) is 54.4 Å². The number of para-hydroxylation sites is 1. The van der Waals surface area contributed by atoms with Crippen LogP contribution in [0.3, 0.4) is 0 Å². The van der Waals surface area contributed by atoms with Gasteiger partial charge in [0, 0.05) is 49.8 Å². The summed E-state index contributed by atoms with van der Waals surface area (Å²) in [7, 11) is 4.01. The highest BCUT2D eigenvalue weighted by atomic mass is 16.5. The van der Waals surface area contributed by atoms with Gasteiger partial charge >= 0.3 is 0 Å². The Morgan fingerprint density at radius 2 is 1.76 bits per heavy atom. The van der Waals surface area contributed by atoms with Gasteiger partial charge in [-0.3, -0.25) is 0 Å². The van der Waals surface area contributed by atoms with Crippen molar-refractivity contribution >= 4 is 34.5 Å². The normalized spacial score (nSPS) is 17.0. The number of hydrogen-bond donors (Lipinski definition) is 2. The topological polar surface area (TPSA) is 77.0 Å². The molecule has 5 rings (SSSR count). The Kier molecular flexibility index (Phi) is 6.02. The van der Waals surface area contributed by atoms with Gasteiger partial charge in [-0.25, -0.2) is 4.98 Å². The largest absolute Gasteiger partial charge is 0.393 e. The van der Waals surface area contributed by atoms with E-state index in [2.05, 4.69) is 44.4 Å². The summed E-state index contributed by atoms with van der Waals surface area (Å²) in [6.07, 6.45) is 3.31. The second-order valence-corrected chi connectivity index (χ2v) is 8.66. The molecule has 0 spiro atoms. The Balaban J connectivity index is 1.39. The summed E-state index contributed by atoms with van der Waals surface area (Å²) in [5.74, 6) is 1.36. The maximum atomic E-state index is 9.74. The molecule has 0 amide bonds. The summed E-state index contributed by atoms with van der Waals surface area (Å²) in [5, 5.41) is 13.1. The molecule has 3 aromatic rings. The zero-order valence-electron chi connectivity index (χ0n) is 19.1. The number of ether oxygens (including phenoxy) is 1. The Morgan fingerprint density at radius 1 is 1.00 bits per heavy atom. The molecule has 1 fully saturated rings. The minimum atomic E-state index is -0.170. The predicted molar refractivity (Wildman–Crippen MR) is 132 cm³/mol. The van der Waals surface area contributed by atoms with Gasteiger partial charge in [-0.05, 0) is 43.2 Å². The molecule has 2 aliphatic heterocycles. The number of nitrogens with one attached hydrogen (secondary N) is 1. The average Bonchev–Trinajstić information content (AvgIpc) is 2.89. The molecule has 1 aromatic heterocycles. The number of nitrogens with zero attached hydrogens (tertiary/aromatic N) is 5. The van der Waals surface area contributed by atoms with Crippen molar-refractivity contribution in [1.29, 1.82) is 0 Å². The molecule has 172 valence electrons. The third-order valence-electron chi connectivity index (χ3n) is 6.33. The van der Waals surface area contributed by atoms with Gasteiger partial charge < -0.3 is 29.9 Å². The summed E-state index contributed by atoms with van der Waals surface area (Å²) in [6.45, 7) is 2.76. The minimum Gasteiger partial charge on any atom is -0.393 e. The van der Waals surface area contributed by atoms with E-state index in [1.165, 1.54) is 5.69 Å². The van der Waals surface area contributed by atoms with Crippen LogP contribution in [-0.4, -0.2) is 55.1 Å². The highest BCUT2D eigenvalue weighted by Gasteiger charge is 2.21. The number of piperidine rings is 1. The van der Waals surface area contributed by atoms with Crippen LogP contribution in [-0.2, 0) is 11.3 Å². The molecule has 33 heavy (non-hydrogen) atoms. The van der Waals surface area contributed by atoms with Crippen LogP contribution in [0.2, 0.25) is 0 Å². The van der Waals surface area contributed by atoms with Crippen molar-refractivity contribution in [2.24, 2.45) is 0 Å². The molecule has 2 aliphatic rings. The number of aliphatic hydroxyl groups excluding tert-OH is 1. The molecule has 0 atom stereocenters. The predicted octanol–water partition coefficient (Wildman–Crippen LogP) is 3.87. The van der Waals surface area contributed by atoms with Crippen LogP contribution < -0.4 is 20.0 Å². The third-order valence-corrected chi connectivity index (χ3v) is 6.33. The lowest BCUT2D eigenvalue weighted by Crippen LogP contribution is -2.35. The lowest BCUT2D eigenvalue weighted by molar-refractivity contribution is 0.124. The van der Waals surface area contributed by atoms with Crippen molar-refractivity contribution in [3.05, 3.63) is 60.3 Å². The highest BCUT2D eigenvalue weighted by Crippen LogP contribution is 2.35. The Bertz CT molecular complexity index is 1100. The Labute approximate surface area is 194 Å². The number of rotatable bonds is 3. The van der Waals surface area contributed by atoms with Crippen molar-refractivity contribution in [1.82, 2.24) is 9.97 Å². The first-order valence-corrected chi connectivity index (χ1v) is 11.4. The fourth-order valence-corrected chi connectivity index (χ4v) is 4.39. The molecule has 0 saturated carbocycles. The average molecular weight is 447 g/mol. The first kappa shape index (κ1) is 21.5. The Morgan fingerprint density at radius 3 is 2.55 bits per heavy atom. The van der Waals surface area contributed by atoms with Crippen LogP contribution in [0.4, 0.5) is 34.5 Å². The number of fused-ring (bicyclic) bond motifs is 2. The first-order chi connectivity index (χ1) is 16.1. The van der Waals surface area contributed by atoms with E-state index in [1.807, 2.05) is 49.5 Å². The fraction of sp³-hybridized carbons (Fsp3) is 0.360. The molecular weight excluding hydrogens is 416 g/mol. The van der Waals surface area contributed by atoms with Crippen LogP contribution in [0.1, 0.15) is 18.4 Å². The van der Waals surface area contributed by atoms with E-state index in [0.29, 0.717) is 19.3 Å². The van der Waals surface area contributed by atoms with Crippen molar-refractivity contribution in [3.63, 3.8) is 0 Å². The molecule has 2 N–H and O–H groups in total. The quantitative estimate of drug-likeness (QED) is 0.628. The zero-order valence-corrected chi connectivity index (χ0v) is 19.1. The van der Waals surface area contributed by atoms with Crippen molar-refractivity contribution in [2.75, 3.05) is 53.9 Å². The van der Waals surface area contributed by atoms with Gasteiger partial charge in [-0.1, -0.05) is 18.2 Å². The van der Waals surface area contributed by atoms with Gasteiger partial charge in [-0.2, -0.15) is 4.98 Å². The molecule has 0 aliphatic carbocycles. The molecule has 8 nitrogen and oxygen atoms in total. The summed E-state index contributed by atoms with van der Waals surface area (Å²) < 4.78 is 5.90. The molecule has 3 heterocycles. The van der Waals surface area contributed by atoms with E-state index in [4.69, 9.17) is 9.72 Å². The lowest BCUT2D eigenvalue weighted by atomic mass is 10.1. The number of anilines is 6. The molecule has 0 radical (unpaired) electrons. The molecule has 1 saturated heterocycles. The van der Waals surface area contributed by atoms with Crippen LogP contribution >= 0.6 is 0 Å². The maximum Gasteiger partial charge on any atom is 0.229 e. The van der Waals surface area contributed by atoms with Gasteiger partial charge in [0.2, 0.25) is 5.95 Å². The highest BCUT2D eigenvalue weighted by molar-refractivity contribution is 5.76. The van der Waals surface area contributed by atoms with E-state index in [-0.39, 0.29) is 6.10 Å². The summed E-state index contributed by atoms with van der Waals surface area (Å²) in [4.78, 5) is 15.9. The number of aliphatic hydroxyl groups is 1. The number of hydrogen-bond acceptors (Lipinski definition) is 8. The SMILES string of the molecule is CN1COCc2ccccc2N(C)c2nc(Nc3ccc(N4CCC(O)CC4)cc3)ncc21. The fourth-order valence-electron chi connectivity index (χ4n) is 4.39. The van der Waals surface area contributed by atoms with E-state index in [1.54, 1.807) is 0 Å². The van der Waals surface area contributed by atoms with Crippen LogP contribution in [0.15, 0.2) is 54.7 Å². The zero-order chi connectivity index (χ0) is 22.8. The standard InChI is InChI=1S/C25H30N6O2/c1-29-17-33-16-18-5-3-4-6-22(18)30(2)24-23(29)15-26-25(28-24)27-19-7-9-20(10-8-19)31-13-11-21(32)12-14-31/h3-10,15,21,32H,11-14,16-17H2,1-2H3,(H,26,27,28). The number of aromatic nitrogens is 2. The minimum absolute atomic E-state index is 0.170. The van der Waals surface area contributed by atoms with Crippen molar-refractivity contribution in [3.8, 4) is 0 Å². The second kappa shape index (κ2) is 9.25. The van der Waals surface area contributed by atoms with Gasteiger partial charge in [0.05, 0.1) is 18.9 Å². The van der Waals surface area contributed by atoms with Gasteiger partial charge in [0.1, 0.15) is 12.4 Å². The van der Waals surface area contributed by atoms with Gasteiger partial charge in [-0.15, -0.1) is 0 Å². The Hall–Kier alpha value is -3.36. The monoisotopic (exact) mass is 446 g/mol. The first-order valence-electron chi connectivity index (χ1n) is 11.4.